The van der Waals surface area contributed by atoms with E-state index in [1.165, 1.54) is 18.2 Å². The second kappa shape index (κ2) is 8.39. The van der Waals surface area contributed by atoms with Gasteiger partial charge in [0.05, 0.1) is 6.10 Å². The van der Waals surface area contributed by atoms with Gasteiger partial charge in [-0.2, -0.15) is 0 Å². The van der Waals surface area contributed by atoms with Gasteiger partial charge in [-0.15, -0.1) is 0 Å². The number of nitrogens with one attached hydrogen (secondary N) is 2. The summed E-state index contributed by atoms with van der Waals surface area (Å²) in [6.45, 7) is 3.26. The number of aryl methyl sites for hydroxylation is 1. The molecule has 2 amide bonds. The van der Waals surface area contributed by atoms with Crippen LogP contribution in [0.2, 0.25) is 0 Å². The van der Waals surface area contributed by atoms with Crippen LogP contribution in [0.15, 0.2) is 48.5 Å². The number of aliphatic hydroxyl groups excluding tert-OH is 1. The summed E-state index contributed by atoms with van der Waals surface area (Å²) in [5.74, 6) is -1.36. The Morgan fingerprint density at radius 2 is 1.88 bits per heavy atom. The van der Waals surface area contributed by atoms with Crippen LogP contribution >= 0.6 is 0 Å². The quantitative estimate of drug-likeness (QED) is 0.751. The lowest BCUT2D eigenvalue weighted by molar-refractivity contribution is -0.123. The first-order valence-electron chi connectivity index (χ1n) is 7.96. The number of rotatable bonds is 6. The Morgan fingerprint density at radius 1 is 1.16 bits per heavy atom. The number of halogens is 1. The zero-order valence-corrected chi connectivity index (χ0v) is 14.1. The Balaban J connectivity index is 1.88. The third kappa shape index (κ3) is 5.12. The van der Waals surface area contributed by atoms with Crippen molar-refractivity contribution in [1.82, 2.24) is 10.6 Å². The van der Waals surface area contributed by atoms with Crippen molar-refractivity contribution in [2.75, 3.05) is 6.54 Å². The van der Waals surface area contributed by atoms with Gasteiger partial charge in [0, 0.05) is 17.7 Å². The molecule has 2 atom stereocenters. The average molecular weight is 344 g/mol. The lowest BCUT2D eigenvalue weighted by Crippen LogP contribution is -2.45. The zero-order valence-electron chi connectivity index (χ0n) is 14.1. The first kappa shape index (κ1) is 18.6. The van der Waals surface area contributed by atoms with Crippen molar-refractivity contribution in [2.24, 2.45) is 0 Å². The lowest BCUT2D eigenvalue weighted by Gasteiger charge is -2.17. The fourth-order valence-corrected chi connectivity index (χ4v) is 2.34. The van der Waals surface area contributed by atoms with Crippen LogP contribution in [-0.2, 0) is 4.79 Å². The van der Waals surface area contributed by atoms with Gasteiger partial charge in [0.2, 0.25) is 5.91 Å². The van der Waals surface area contributed by atoms with Gasteiger partial charge in [-0.1, -0.05) is 35.9 Å². The summed E-state index contributed by atoms with van der Waals surface area (Å²) in [4.78, 5) is 24.2. The summed E-state index contributed by atoms with van der Waals surface area (Å²) < 4.78 is 13.6. The van der Waals surface area contributed by atoms with Crippen LogP contribution in [0, 0.1) is 12.7 Å². The SMILES string of the molecule is Cc1cccc(C(=O)NC(C)C(=O)NCC(O)c2ccccc2F)c1. The van der Waals surface area contributed by atoms with Gasteiger partial charge in [-0.3, -0.25) is 9.59 Å². The molecule has 3 N–H and O–H groups in total. The van der Waals surface area contributed by atoms with E-state index in [0.717, 1.165) is 5.56 Å². The smallest absolute Gasteiger partial charge is 0.251 e. The third-order valence-electron chi connectivity index (χ3n) is 3.76. The van der Waals surface area contributed by atoms with E-state index in [1.54, 1.807) is 31.2 Å². The molecule has 0 bridgehead atoms. The fraction of sp³-hybridized carbons (Fsp3) is 0.263. The summed E-state index contributed by atoms with van der Waals surface area (Å²) in [5, 5.41) is 15.1. The normalized spacial score (nSPS) is 13.0. The molecule has 0 aliphatic rings. The molecule has 6 heteroatoms. The van der Waals surface area contributed by atoms with Crippen molar-refractivity contribution in [3.63, 3.8) is 0 Å². The maximum Gasteiger partial charge on any atom is 0.251 e. The van der Waals surface area contributed by atoms with E-state index in [0.29, 0.717) is 5.56 Å². The van der Waals surface area contributed by atoms with Gasteiger partial charge >= 0.3 is 0 Å². The van der Waals surface area contributed by atoms with Gasteiger partial charge in [0.25, 0.3) is 5.91 Å². The molecule has 0 heterocycles. The lowest BCUT2D eigenvalue weighted by atomic mass is 10.1. The van der Waals surface area contributed by atoms with Crippen molar-refractivity contribution in [3.8, 4) is 0 Å². The van der Waals surface area contributed by atoms with Crippen LogP contribution < -0.4 is 10.6 Å². The molecule has 2 aromatic carbocycles. The van der Waals surface area contributed by atoms with Gasteiger partial charge in [-0.05, 0) is 32.0 Å². The van der Waals surface area contributed by atoms with Crippen LogP contribution in [0.1, 0.15) is 34.5 Å². The maximum atomic E-state index is 13.6. The fourth-order valence-electron chi connectivity index (χ4n) is 2.34. The van der Waals surface area contributed by atoms with Crippen LogP contribution in [-0.4, -0.2) is 29.5 Å². The van der Waals surface area contributed by atoms with E-state index >= 15 is 0 Å². The topological polar surface area (TPSA) is 78.4 Å². The van der Waals surface area contributed by atoms with E-state index in [4.69, 9.17) is 0 Å². The molecule has 25 heavy (non-hydrogen) atoms. The molecular weight excluding hydrogens is 323 g/mol. The average Bonchev–Trinajstić information content (AvgIpc) is 2.59. The van der Waals surface area contributed by atoms with Crippen LogP contribution in [0.25, 0.3) is 0 Å². The number of aliphatic hydroxyl groups is 1. The Hall–Kier alpha value is -2.73. The zero-order chi connectivity index (χ0) is 18.4. The first-order valence-corrected chi connectivity index (χ1v) is 7.96. The van der Waals surface area contributed by atoms with Gasteiger partial charge in [0.1, 0.15) is 11.9 Å². The first-order chi connectivity index (χ1) is 11.9. The number of carbonyl (C=O) groups excluding carboxylic acids is 2. The number of carbonyl (C=O) groups is 2. The number of hydrogen-bond acceptors (Lipinski definition) is 3. The molecule has 2 aromatic rings. The highest BCUT2D eigenvalue weighted by Gasteiger charge is 2.19. The minimum Gasteiger partial charge on any atom is -0.386 e. The summed E-state index contributed by atoms with van der Waals surface area (Å²) in [6, 6.07) is 12.1. The Morgan fingerprint density at radius 3 is 2.56 bits per heavy atom. The molecule has 2 unspecified atom stereocenters. The van der Waals surface area contributed by atoms with Crippen LogP contribution in [0.4, 0.5) is 4.39 Å². The summed E-state index contributed by atoms with van der Waals surface area (Å²) in [7, 11) is 0. The van der Waals surface area contributed by atoms with Crippen molar-refractivity contribution in [1.29, 1.82) is 0 Å². The highest BCUT2D eigenvalue weighted by Crippen LogP contribution is 2.15. The van der Waals surface area contributed by atoms with E-state index in [1.807, 2.05) is 13.0 Å². The molecule has 0 radical (unpaired) electrons. The standard InChI is InChI=1S/C19H21FN2O3/c1-12-6-5-7-14(10-12)19(25)22-13(2)18(24)21-11-17(23)15-8-3-4-9-16(15)20/h3-10,13,17,23H,11H2,1-2H3,(H,21,24)(H,22,25). The van der Waals surface area contributed by atoms with Crippen LogP contribution in [0.3, 0.4) is 0 Å². The van der Waals surface area contributed by atoms with Crippen molar-refractivity contribution >= 4 is 11.8 Å². The van der Waals surface area contributed by atoms with E-state index < -0.39 is 23.9 Å². The molecule has 132 valence electrons. The molecule has 0 saturated heterocycles. The van der Waals surface area contributed by atoms with E-state index in [9.17, 15) is 19.1 Å². The van der Waals surface area contributed by atoms with E-state index in [-0.39, 0.29) is 18.0 Å². The molecule has 0 spiro atoms. The molecule has 0 aliphatic heterocycles. The molecule has 0 aliphatic carbocycles. The molecule has 0 saturated carbocycles. The van der Waals surface area contributed by atoms with Gasteiger partial charge in [-0.25, -0.2) is 4.39 Å². The predicted molar refractivity (Wildman–Crippen MR) is 92.5 cm³/mol. The van der Waals surface area contributed by atoms with Gasteiger partial charge in [0.15, 0.2) is 0 Å². The largest absolute Gasteiger partial charge is 0.386 e. The summed E-state index contributed by atoms with van der Waals surface area (Å²) in [6.07, 6.45) is -1.16. The molecule has 0 fully saturated rings. The van der Waals surface area contributed by atoms with E-state index in [2.05, 4.69) is 10.6 Å². The van der Waals surface area contributed by atoms with Crippen molar-refractivity contribution in [3.05, 3.63) is 71.0 Å². The monoisotopic (exact) mass is 344 g/mol. The minimum absolute atomic E-state index is 0.110. The van der Waals surface area contributed by atoms with Gasteiger partial charge < -0.3 is 15.7 Å². The highest BCUT2D eigenvalue weighted by atomic mass is 19.1. The number of benzene rings is 2. The predicted octanol–water partition coefficient (Wildman–Crippen LogP) is 2.10. The third-order valence-corrected chi connectivity index (χ3v) is 3.76. The Labute approximate surface area is 145 Å². The molecule has 0 aromatic heterocycles. The van der Waals surface area contributed by atoms with Crippen molar-refractivity contribution < 1.29 is 19.1 Å². The molecular formula is C19H21FN2O3. The molecule has 5 nitrogen and oxygen atoms in total. The highest BCUT2D eigenvalue weighted by molar-refractivity contribution is 5.97. The summed E-state index contributed by atoms with van der Waals surface area (Å²) in [5.41, 5.74) is 1.52. The molecule has 2 rings (SSSR count). The Bertz CT molecular complexity index is 764. The Kier molecular flexibility index (Phi) is 6.25. The second-order valence-electron chi connectivity index (χ2n) is 5.85. The van der Waals surface area contributed by atoms with Crippen LogP contribution in [0.5, 0.6) is 0 Å². The number of hydrogen-bond donors (Lipinski definition) is 3. The maximum absolute atomic E-state index is 13.6. The number of amides is 2. The van der Waals surface area contributed by atoms with Crippen molar-refractivity contribution in [2.45, 2.75) is 26.0 Å². The minimum atomic E-state index is -1.16. The second-order valence-corrected chi connectivity index (χ2v) is 5.85. The summed E-state index contributed by atoms with van der Waals surface area (Å²) >= 11 is 0.